The first-order valence-electron chi connectivity index (χ1n) is 9.34. The molecule has 0 aliphatic carbocycles. The summed E-state index contributed by atoms with van der Waals surface area (Å²) >= 11 is 1.29. The molecule has 0 saturated heterocycles. The molecule has 0 atom stereocenters. The van der Waals surface area contributed by atoms with E-state index < -0.39 is 6.09 Å². The molecule has 3 aromatic heterocycles. The molecular formula is C22H20N4O3S. The van der Waals surface area contributed by atoms with Gasteiger partial charge in [0.1, 0.15) is 5.65 Å². The molecule has 0 spiro atoms. The summed E-state index contributed by atoms with van der Waals surface area (Å²) in [5.74, 6) is -0.380. The summed E-state index contributed by atoms with van der Waals surface area (Å²) in [5, 5.41) is 2.24. The van der Waals surface area contributed by atoms with Gasteiger partial charge in [-0.3, -0.25) is 10.2 Å². The molecule has 0 fully saturated rings. The summed E-state index contributed by atoms with van der Waals surface area (Å²) in [5.41, 5.74) is 10.0. The number of imidazole rings is 1. The number of nitrogens with zero attached hydrogens (tertiary/aromatic N) is 2. The lowest BCUT2D eigenvalue weighted by Gasteiger charge is -2.09. The summed E-state index contributed by atoms with van der Waals surface area (Å²) in [7, 11) is 0. The standard InChI is InChI=1S/C22H20N4O3S/c1-14-5-8-16(9-6-14)21-17(26-13-15(2)7-10-18(26)23-21)12-19(27)24-25-22(28)29-20-4-3-11-30-20/h3-11,13H,12H2,1-2H3,(H,24,27)(H,25,28). The van der Waals surface area contributed by atoms with Gasteiger partial charge in [0.25, 0.3) is 0 Å². The number of aryl methyl sites for hydroxylation is 2. The van der Waals surface area contributed by atoms with Crippen LogP contribution in [0.4, 0.5) is 4.79 Å². The molecule has 4 rings (SSSR count). The third-order valence-electron chi connectivity index (χ3n) is 4.51. The second-order valence-corrected chi connectivity index (χ2v) is 7.79. The van der Waals surface area contributed by atoms with E-state index in [0.29, 0.717) is 5.06 Å². The molecule has 0 unspecified atom stereocenters. The van der Waals surface area contributed by atoms with Gasteiger partial charge in [0, 0.05) is 11.8 Å². The van der Waals surface area contributed by atoms with E-state index in [1.165, 1.54) is 11.3 Å². The van der Waals surface area contributed by atoms with Crippen LogP contribution in [0.25, 0.3) is 16.9 Å². The van der Waals surface area contributed by atoms with Crippen molar-refractivity contribution in [3.63, 3.8) is 0 Å². The largest absolute Gasteiger partial charge is 0.432 e. The van der Waals surface area contributed by atoms with Crippen LogP contribution in [0, 0.1) is 13.8 Å². The minimum atomic E-state index is -0.751. The Hall–Kier alpha value is -3.65. The monoisotopic (exact) mass is 420 g/mol. The zero-order valence-corrected chi connectivity index (χ0v) is 17.3. The fourth-order valence-electron chi connectivity index (χ4n) is 3.07. The zero-order valence-electron chi connectivity index (χ0n) is 16.5. The summed E-state index contributed by atoms with van der Waals surface area (Å²) in [4.78, 5) is 29.1. The quantitative estimate of drug-likeness (QED) is 0.488. The molecule has 8 heteroatoms. The van der Waals surface area contributed by atoms with Gasteiger partial charge in [-0.15, -0.1) is 11.3 Å². The Bertz CT molecular complexity index is 1200. The predicted molar refractivity (Wildman–Crippen MR) is 115 cm³/mol. The maximum Gasteiger partial charge on any atom is 0.432 e. The molecular weight excluding hydrogens is 400 g/mol. The third kappa shape index (κ3) is 4.33. The van der Waals surface area contributed by atoms with Crippen LogP contribution in [0.5, 0.6) is 5.06 Å². The molecule has 152 valence electrons. The van der Waals surface area contributed by atoms with Crippen LogP contribution in [0.2, 0.25) is 0 Å². The molecule has 2 N–H and O–H groups in total. The molecule has 3 heterocycles. The maximum absolute atomic E-state index is 12.6. The van der Waals surface area contributed by atoms with Gasteiger partial charge in [-0.05, 0) is 43.0 Å². The van der Waals surface area contributed by atoms with E-state index in [1.54, 1.807) is 17.5 Å². The lowest BCUT2D eigenvalue weighted by Crippen LogP contribution is -2.43. The number of hydrogen-bond donors (Lipinski definition) is 2. The van der Waals surface area contributed by atoms with Gasteiger partial charge in [-0.2, -0.15) is 0 Å². The predicted octanol–water partition coefficient (Wildman–Crippen LogP) is 4.04. The van der Waals surface area contributed by atoms with Crippen LogP contribution in [0.15, 0.2) is 60.1 Å². The number of hydrogen-bond acceptors (Lipinski definition) is 5. The number of amides is 2. The molecule has 0 aliphatic heterocycles. The second-order valence-electron chi connectivity index (χ2n) is 6.88. The normalized spacial score (nSPS) is 10.7. The first-order chi connectivity index (χ1) is 14.5. The van der Waals surface area contributed by atoms with Gasteiger partial charge in [0.2, 0.25) is 5.91 Å². The molecule has 4 aromatic rings. The Morgan fingerprint density at radius 2 is 1.80 bits per heavy atom. The number of carbonyl (C=O) groups is 2. The van der Waals surface area contributed by atoms with E-state index in [1.807, 2.05) is 60.8 Å². The third-order valence-corrected chi connectivity index (χ3v) is 5.26. The van der Waals surface area contributed by atoms with Crippen molar-refractivity contribution in [1.29, 1.82) is 0 Å². The molecule has 30 heavy (non-hydrogen) atoms. The number of nitrogens with one attached hydrogen (secondary N) is 2. The SMILES string of the molecule is Cc1ccc(-c2nc3ccc(C)cn3c2CC(=O)NNC(=O)Oc2cccs2)cc1. The van der Waals surface area contributed by atoms with E-state index in [-0.39, 0.29) is 12.3 Å². The lowest BCUT2D eigenvalue weighted by atomic mass is 10.1. The van der Waals surface area contributed by atoms with Crippen LogP contribution in [-0.4, -0.2) is 21.4 Å². The van der Waals surface area contributed by atoms with Crippen LogP contribution in [-0.2, 0) is 11.2 Å². The first kappa shape index (κ1) is 19.7. The highest BCUT2D eigenvalue weighted by Crippen LogP contribution is 2.26. The Kier molecular flexibility index (Phi) is 5.49. The van der Waals surface area contributed by atoms with Crippen LogP contribution in [0.1, 0.15) is 16.8 Å². The highest BCUT2D eigenvalue weighted by molar-refractivity contribution is 7.11. The molecule has 0 aliphatic rings. The number of carbonyl (C=O) groups excluding carboxylic acids is 2. The Labute approximate surface area is 177 Å². The molecule has 0 radical (unpaired) electrons. The Morgan fingerprint density at radius 3 is 2.53 bits per heavy atom. The van der Waals surface area contributed by atoms with E-state index in [2.05, 4.69) is 10.9 Å². The Morgan fingerprint density at radius 1 is 1.03 bits per heavy atom. The van der Waals surface area contributed by atoms with E-state index in [4.69, 9.17) is 9.72 Å². The van der Waals surface area contributed by atoms with Crippen molar-refractivity contribution in [2.75, 3.05) is 0 Å². The fraction of sp³-hybridized carbons (Fsp3) is 0.136. The summed E-state index contributed by atoms with van der Waals surface area (Å²) in [6, 6.07) is 15.3. The summed E-state index contributed by atoms with van der Waals surface area (Å²) < 4.78 is 6.98. The molecule has 2 amide bonds. The van der Waals surface area contributed by atoms with E-state index >= 15 is 0 Å². The number of benzene rings is 1. The number of thiophene rings is 1. The summed E-state index contributed by atoms with van der Waals surface area (Å²) in [6.45, 7) is 4.00. The van der Waals surface area contributed by atoms with Gasteiger partial charge in [0.05, 0.1) is 17.8 Å². The number of ether oxygens (including phenoxy) is 1. The van der Waals surface area contributed by atoms with Crippen molar-refractivity contribution in [1.82, 2.24) is 20.2 Å². The number of pyridine rings is 1. The number of aromatic nitrogens is 2. The molecule has 0 bridgehead atoms. The first-order valence-corrected chi connectivity index (χ1v) is 10.2. The van der Waals surface area contributed by atoms with Crippen molar-refractivity contribution in [3.8, 4) is 16.3 Å². The van der Waals surface area contributed by atoms with E-state index in [9.17, 15) is 9.59 Å². The topological polar surface area (TPSA) is 84.7 Å². The Balaban J connectivity index is 1.55. The van der Waals surface area contributed by atoms with E-state index in [0.717, 1.165) is 33.7 Å². The van der Waals surface area contributed by atoms with Crippen LogP contribution < -0.4 is 15.6 Å². The van der Waals surface area contributed by atoms with Crippen molar-refractivity contribution < 1.29 is 14.3 Å². The summed E-state index contributed by atoms with van der Waals surface area (Å²) in [6.07, 6.45) is 1.23. The van der Waals surface area contributed by atoms with Gasteiger partial charge in [0.15, 0.2) is 5.06 Å². The molecule has 0 saturated carbocycles. The van der Waals surface area contributed by atoms with Crippen LogP contribution >= 0.6 is 11.3 Å². The average Bonchev–Trinajstić information content (AvgIpc) is 3.35. The highest BCUT2D eigenvalue weighted by atomic mass is 32.1. The van der Waals surface area contributed by atoms with Gasteiger partial charge in [-0.25, -0.2) is 15.2 Å². The number of fused-ring (bicyclic) bond motifs is 1. The van der Waals surface area contributed by atoms with Crippen molar-refractivity contribution >= 4 is 29.0 Å². The average molecular weight is 420 g/mol. The van der Waals surface area contributed by atoms with Gasteiger partial charge in [-0.1, -0.05) is 35.9 Å². The second kappa shape index (κ2) is 8.38. The molecule has 1 aromatic carbocycles. The zero-order chi connectivity index (χ0) is 21.1. The minimum absolute atomic E-state index is 0.0348. The smallest absolute Gasteiger partial charge is 0.398 e. The van der Waals surface area contributed by atoms with Crippen molar-refractivity contribution in [2.45, 2.75) is 20.3 Å². The minimum Gasteiger partial charge on any atom is -0.398 e. The maximum atomic E-state index is 12.6. The van der Waals surface area contributed by atoms with Crippen molar-refractivity contribution in [2.24, 2.45) is 0 Å². The van der Waals surface area contributed by atoms with Crippen molar-refractivity contribution in [3.05, 3.63) is 76.9 Å². The van der Waals surface area contributed by atoms with Gasteiger partial charge >= 0.3 is 6.09 Å². The number of hydrazine groups is 1. The van der Waals surface area contributed by atoms with Gasteiger partial charge < -0.3 is 9.14 Å². The lowest BCUT2D eigenvalue weighted by molar-refractivity contribution is -0.121. The number of rotatable bonds is 4. The molecule has 7 nitrogen and oxygen atoms in total. The fourth-order valence-corrected chi connectivity index (χ4v) is 3.64. The van der Waals surface area contributed by atoms with Crippen LogP contribution in [0.3, 0.4) is 0 Å². The highest BCUT2D eigenvalue weighted by Gasteiger charge is 2.18.